The maximum atomic E-state index is 12.9. The number of nitrogens with zero attached hydrogens (tertiary/aromatic N) is 3. The lowest BCUT2D eigenvalue weighted by atomic mass is 10.2. The van der Waals surface area contributed by atoms with Crippen molar-refractivity contribution < 1.29 is 4.79 Å². The molecule has 0 N–H and O–H groups in total. The molecule has 5 nitrogen and oxygen atoms in total. The van der Waals surface area contributed by atoms with Crippen LogP contribution >= 0.6 is 34.4 Å². The van der Waals surface area contributed by atoms with E-state index in [1.165, 1.54) is 27.1 Å². The Morgan fingerprint density at radius 3 is 3.07 bits per heavy atom. The van der Waals surface area contributed by atoms with Crippen LogP contribution < -0.4 is 5.56 Å². The summed E-state index contributed by atoms with van der Waals surface area (Å²) in [7, 11) is 1.77. The highest BCUT2D eigenvalue weighted by molar-refractivity contribution is 7.99. The van der Waals surface area contributed by atoms with Crippen molar-refractivity contribution in [3.8, 4) is 0 Å². The molecule has 1 fully saturated rings. The molecule has 2 aliphatic rings. The highest BCUT2D eigenvalue weighted by Gasteiger charge is 2.30. The predicted octanol–water partition coefficient (Wildman–Crippen LogP) is 4.00. The minimum Gasteiger partial charge on any atom is -0.334 e. The summed E-state index contributed by atoms with van der Waals surface area (Å²) in [5, 5.41) is 3.50. The van der Waals surface area contributed by atoms with Crippen LogP contribution in [-0.2, 0) is 24.7 Å². The highest BCUT2D eigenvalue weighted by Crippen LogP contribution is 2.37. The molecule has 3 aromatic heterocycles. The molecule has 0 bridgehead atoms. The Hall–Kier alpha value is -1.64. The summed E-state index contributed by atoms with van der Waals surface area (Å²) in [5.41, 5.74) is 1.23. The lowest BCUT2D eigenvalue weighted by Gasteiger charge is -2.23. The summed E-state index contributed by atoms with van der Waals surface area (Å²) in [4.78, 5) is 35.9. The van der Waals surface area contributed by atoms with Gasteiger partial charge in [-0.25, -0.2) is 4.98 Å². The van der Waals surface area contributed by atoms with Gasteiger partial charge in [0.1, 0.15) is 4.83 Å². The van der Waals surface area contributed by atoms with Crippen molar-refractivity contribution in [3.63, 3.8) is 0 Å². The Bertz CT molecular complexity index is 1100. The van der Waals surface area contributed by atoms with Crippen molar-refractivity contribution in [2.24, 2.45) is 7.05 Å². The third-order valence-corrected chi connectivity index (χ3v) is 8.85. The number of rotatable bonds is 4. The maximum Gasteiger partial charge on any atom is 0.262 e. The third-order valence-electron chi connectivity index (χ3n) is 5.67. The molecule has 28 heavy (non-hydrogen) atoms. The molecule has 3 aromatic rings. The van der Waals surface area contributed by atoms with Crippen LogP contribution in [0.1, 0.15) is 40.6 Å². The minimum absolute atomic E-state index is 0.0250. The smallest absolute Gasteiger partial charge is 0.262 e. The lowest BCUT2D eigenvalue weighted by Crippen LogP contribution is -2.32. The van der Waals surface area contributed by atoms with Gasteiger partial charge in [0.2, 0.25) is 5.91 Å². The van der Waals surface area contributed by atoms with Gasteiger partial charge in [-0.2, -0.15) is 0 Å². The molecule has 8 heteroatoms. The number of fused-ring (bicyclic) bond motifs is 3. The van der Waals surface area contributed by atoms with E-state index in [9.17, 15) is 9.59 Å². The number of likely N-dealkylation sites (tertiary alicyclic amines) is 1. The van der Waals surface area contributed by atoms with Crippen molar-refractivity contribution in [2.45, 2.75) is 43.3 Å². The molecular weight excluding hydrogens is 410 g/mol. The molecule has 146 valence electrons. The molecule has 1 aliphatic carbocycles. The van der Waals surface area contributed by atoms with Gasteiger partial charge in [-0.05, 0) is 49.1 Å². The molecule has 0 radical (unpaired) electrons. The third kappa shape index (κ3) is 3.02. The van der Waals surface area contributed by atoms with Crippen LogP contribution in [0.2, 0.25) is 0 Å². The van der Waals surface area contributed by atoms with E-state index in [-0.39, 0.29) is 17.5 Å². The van der Waals surface area contributed by atoms with Gasteiger partial charge in [-0.1, -0.05) is 17.8 Å². The number of hydrogen-bond acceptors (Lipinski definition) is 6. The Labute approximate surface area is 175 Å². The van der Waals surface area contributed by atoms with Crippen molar-refractivity contribution >= 4 is 50.6 Å². The Morgan fingerprint density at radius 1 is 1.36 bits per heavy atom. The minimum atomic E-state index is 0.0250. The zero-order valence-electron chi connectivity index (χ0n) is 15.6. The summed E-state index contributed by atoms with van der Waals surface area (Å²) < 4.78 is 1.62. The van der Waals surface area contributed by atoms with Crippen LogP contribution in [-0.4, -0.2) is 32.7 Å². The number of thioether (sulfide) groups is 1. The predicted molar refractivity (Wildman–Crippen MR) is 116 cm³/mol. The van der Waals surface area contributed by atoms with E-state index in [1.54, 1.807) is 34.3 Å². The maximum absolute atomic E-state index is 12.9. The van der Waals surface area contributed by atoms with Gasteiger partial charge < -0.3 is 4.90 Å². The van der Waals surface area contributed by atoms with E-state index < -0.39 is 0 Å². The summed E-state index contributed by atoms with van der Waals surface area (Å²) >= 11 is 4.75. The zero-order chi connectivity index (χ0) is 19.3. The summed E-state index contributed by atoms with van der Waals surface area (Å²) in [6.07, 6.45) is 5.24. The van der Waals surface area contributed by atoms with Gasteiger partial charge in [0.15, 0.2) is 5.16 Å². The molecule has 5 rings (SSSR count). The second kappa shape index (κ2) is 7.31. The van der Waals surface area contributed by atoms with E-state index in [0.717, 1.165) is 48.9 Å². The van der Waals surface area contributed by atoms with Crippen LogP contribution in [0.5, 0.6) is 0 Å². The van der Waals surface area contributed by atoms with Gasteiger partial charge in [-0.15, -0.1) is 22.7 Å². The van der Waals surface area contributed by atoms with Crippen LogP contribution in [0, 0.1) is 0 Å². The van der Waals surface area contributed by atoms with Gasteiger partial charge >= 0.3 is 0 Å². The molecule has 0 aromatic carbocycles. The van der Waals surface area contributed by atoms with E-state index in [1.807, 2.05) is 11.0 Å². The van der Waals surface area contributed by atoms with Gasteiger partial charge in [0.25, 0.3) is 5.56 Å². The average molecular weight is 432 g/mol. The number of thiophene rings is 2. The zero-order valence-corrected chi connectivity index (χ0v) is 18.1. The van der Waals surface area contributed by atoms with Crippen LogP contribution in [0.4, 0.5) is 0 Å². The highest BCUT2D eigenvalue weighted by atomic mass is 32.2. The van der Waals surface area contributed by atoms with Crippen molar-refractivity contribution in [1.82, 2.24) is 14.5 Å². The van der Waals surface area contributed by atoms with Gasteiger partial charge in [-0.3, -0.25) is 14.2 Å². The molecule has 4 heterocycles. The van der Waals surface area contributed by atoms with E-state index >= 15 is 0 Å². The molecule has 0 saturated carbocycles. The first-order chi connectivity index (χ1) is 13.6. The summed E-state index contributed by atoms with van der Waals surface area (Å²) in [6.45, 7) is 0.811. The van der Waals surface area contributed by atoms with Crippen molar-refractivity contribution in [2.75, 3.05) is 12.3 Å². The Kier molecular flexibility index (Phi) is 4.80. The lowest BCUT2D eigenvalue weighted by molar-refractivity contribution is -0.129. The van der Waals surface area contributed by atoms with Gasteiger partial charge in [0, 0.05) is 23.3 Å². The van der Waals surface area contributed by atoms with Crippen molar-refractivity contribution in [3.05, 3.63) is 43.2 Å². The largest absolute Gasteiger partial charge is 0.334 e. The SMILES string of the molecule is Cn1c(SCC(=O)N2CCCC2c2cccs2)nc2sc3c(c2c1=O)CCC3. The van der Waals surface area contributed by atoms with E-state index in [2.05, 4.69) is 11.4 Å². The first kappa shape index (κ1) is 18.4. The van der Waals surface area contributed by atoms with E-state index in [0.29, 0.717) is 10.9 Å². The van der Waals surface area contributed by atoms with Crippen LogP contribution in [0.25, 0.3) is 10.2 Å². The number of hydrogen-bond donors (Lipinski definition) is 0. The first-order valence-electron chi connectivity index (χ1n) is 9.60. The fraction of sp³-hybridized carbons (Fsp3) is 0.450. The molecule has 0 spiro atoms. The molecule has 1 atom stereocenters. The number of aromatic nitrogens is 2. The van der Waals surface area contributed by atoms with Gasteiger partial charge in [0.05, 0.1) is 17.2 Å². The molecule has 1 aliphatic heterocycles. The second-order valence-electron chi connectivity index (χ2n) is 7.35. The van der Waals surface area contributed by atoms with E-state index in [4.69, 9.17) is 4.98 Å². The fourth-order valence-corrected chi connectivity index (χ4v) is 7.32. The Balaban J connectivity index is 1.37. The monoisotopic (exact) mass is 431 g/mol. The van der Waals surface area contributed by atoms with Crippen molar-refractivity contribution in [1.29, 1.82) is 0 Å². The quantitative estimate of drug-likeness (QED) is 0.463. The fourth-order valence-electron chi connectivity index (χ4n) is 4.29. The normalized spacial score (nSPS) is 18.9. The topological polar surface area (TPSA) is 55.2 Å². The summed E-state index contributed by atoms with van der Waals surface area (Å²) in [5.74, 6) is 0.447. The Morgan fingerprint density at radius 2 is 2.25 bits per heavy atom. The number of aryl methyl sites for hydroxylation is 2. The molecule has 1 unspecified atom stereocenters. The standard InChI is InChI=1S/C20H21N3O2S3/c1-22-19(25)17-12-5-2-7-14(12)28-18(17)21-20(22)27-11-16(24)23-9-3-6-13(23)15-8-4-10-26-15/h4,8,10,13H,2-3,5-7,9,11H2,1H3. The number of carbonyl (C=O) groups is 1. The first-order valence-corrected chi connectivity index (χ1v) is 12.3. The van der Waals surface area contributed by atoms with Crippen LogP contribution in [0.3, 0.4) is 0 Å². The average Bonchev–Trinajstić information content (AvgIpc) is 3.45. The summed E-state index contributed by atoms with van der Waals surface area (Å²) in [6, 6.07) is 4.36. The number of amides is 1. The molecule has 1 amide bonds. The second-order valence-corrected chi connectivity index (χ2v) is 10.4. The number of carbonyl (C=O) groups excluding carboxylic acids is 1. The van der Waals surface area contributed by atoms with Crippen LogP contribution in [0.15, 0.2) is 27.5 Å². The molecular formula is C20H21N3O2S3. The molecule has 1 saturated heterocycles.